The van der Waals surface area contributed by atoms with Crippen molar-refractivity contribution in [1.82, 2.24) is 14.6 Å². The predicted molar refractivity (Wildman–Crippen MR) is 71.7 cm³/mol. The zero-order valence-electron chi connectivity index (χ0n) is 11.1. The Kier molecular flexibility index (Phi) is 3.81. The number of hydrogen-bond acceptors (Lipinski definition) is 4. The largest absolute Gasteiger partial charge is 0.391 e. The Balaban J connectivity index is 1.99. The Morgan fingerprint density at radius 1 is 1.39 bits per heavy atom. The molecule has 0 aliphatic rings. The molecule has 2 aromatic rings. The number of aryl methyl sites for hydroxylation is 1. The normalized spacial score (nSPS) is 13.2. The monoisotopic (exact) mass is 248 g/mol. The Bertz CT molecular complexity index is 521. The van der Waals surface area contributed by atoms with Crippen LogP contribution in [0.25, 0.3) is 5.65 Å². The number of rotatable bonds is 5. The molecule has 0 saturated heterocycles. The van der Waals surface area contributed by atoms with E-state index in [2.05, 4.69) is 29.2 Å². The van der Waals surface area contributed by atoms with E-state index in [0.717, 1.165) is 17.6 Å². The van der Waals surface area contributed by atoms with Crippen molar-refractivity contribution in [2.24, 2.45) is 5.92 Å². The molecule has 0 bridgehead atoms. The molecule has 1 unspecified atom stereocenters. The molecular weight excluding hydrogens is 228 g/mol. The average Bonchev–Trinajstić information content (AvgIpc) is 2.67. The van der Waals surface area contributed by atoms with Gasteiger partial charge in [-0.05, 0) is 30.9 Å². The molecule has 5 heteroatoms. The van der Waals surface area contributed by atoms with Crippen LogP contribution in [0.15, 0.2) is 18.3 Å². The van der Waals surface area contributed by atoms with Gasteiger partial charge in [0.05, 0.1) is 6.10 Å². The highest BCUT2D eigenvalue weighted by Crippen LogP contribution is 2.08. The van der Waals surface area contributed by atoms with Crippen molar-refractivity contribution >= 4 is 11.6 Å². The Morgan fingerprint density at radius 3 is 2.89 bits per heavy atom. The number of aliphatic hydroxyl groups is 1. The van der Waals surface area contributed by atoms with Gasteiger partial charge in [-0.1, -0.05) is 19.9 Å². The molecule has 0 fully saturated rings. The molecule has 1 atom stereocenters. The molecule has 2 aromatic heterocycles. The van der Waals surface area contributed by atoms with Crippen LogP contribution in [0.5, 0.6) is 0 Å². The van der Waals surface area contributed by atoms with Crippen LogP contribution in [-0.4, -0.2) is 32.4 Å². The van der Waals surface area contributed by atoms with E-state index in [1.54, 1.807) is 4.52 Å². The van der Waals surface area contributed by atoms with Crippen molar-refractivity contribution in [2.45, 2.75) is 33.3 Å². The van der Waals surface area contributed by atoms with Crippen molar-refractivity contribution < 1.29 is 5.11 Å². The van der Waals surface area contributed by atoms with Crippen molar-refractivity contribution in [3.8, 4) is 0 Å². The van der Waals surface area contributed by atoms with Crippen LogP contribution >= 0.6 is 0 Å². The summed E-state index contributed by atoms with van der Waals surface area (Å²) in [5.74, 6) is 1.04. The average molecular weight is 248 g/mol. The first-order valence-corrected chi connectivity index (χ1v) is 6.29. The van der Waals surface area contributed by atoms with Crippen molar-refractivity contribution in [3.05, 3.63) is 23.9 Å². The lowest BCUT2D eigenvalue weighted by molar-refractivity contribution is 0.161. The van der Waals surface area contributed by atoms with Gasteiger partial charge in [0.15, 0.2) is 5.65 Å². The fourth-order valence-electron chi connectivity index (χ4n) is 1.90. The smallest absolute Gasteiger partial charge is 0.243 e. The molecule has 0 saturated carbocycles. The highest BCUT2D eigenvalue weighted by Gasteiger charge is 2.08. The molecule has 0 spiro atoms. The number of anilines is 1. The highest BCUT2D eigenvalue weighted by atomic mass is 16.3. The van der Waals surface area contributed by atoms with Gasteiger partial charge in [-0.3, -0.25) is 0 Å². The van der Waals surface area contributed by atoms with E-state index in [0.29, 0.717) is 18.4 Å². The maximum absolute atomic E-state index is 9.78. The first-order chi connectivity index (χ1) is 8.54. The summed E-state index contributed by atoms with van der Waals surface area (Å²) in [5.41, 5.74) is 1.94. The molecule has 0 aliphatic heterocycles. The van der Waals surface area contributed by atoms with Gasteiger partial charge in [-0.2, -0.15) is 4.98 Å². The van der Waals surface area contributed by atoms with Crippen molar-refractivity contribution in [2.75, 3.05) is 11.9 Å². The minimum atomic E-state index is -0.363. The summed E-state index contributed by atoms with van der Waals surface area (Å²) in [7, 11) is 0. The number of aliphatic hydroxyl groups excluding tert-OH is 1. The van der Waals surface area contributed by atoms with Gasteiger partial charge in [0.2, 0.25) is 5.95 Å². The van der Waals surface area contributed by atoms with Crippen LogP contribution in [-0.2, 0) is 0 Å². The van der Waals surface area contributed by atoms with Crippen LogP contribution in [0.1, 0.15) is 25.8 Å². The summed E-state index contributed by atoms with van der Waals surface area (Å²) in [4.78, 5) is 4.33. The van der Waals surface area contributed by atoms with Crippen LogP contribution < -0.4 is 5.32 Å². The predicted octanol–water partition coefficient (Wildman–Crippen LogP) is 1.86. The Labute approximate surface area is 107 Å². The third kappa shape index (κ3) is 3.20. The quantitative estimate of drug-likeness (QED) is 0.847. The van der Waals surface area contributed by atoms with Gasteiger partial charge in [-0.25, -0.2) is 4.52 Å². The number of aromatic nitrogens is 3. The van der Waals surface area contributed by atoms with E-state index in [-0.39, 0.29) is 6.10 Å². The number of fused-ring (bicyclic) bond motifs is 1. The van der Waals surface area contributed by atoms with Gasteiger partial charge in [-0.15, -0.1) is 5.10 Å². The van der Waals surface area contributed by atoms with Gasteiger partial charge < -0.3 is 10.4 Å². The van der Waals surface area contributed by atoms with E-state index in [1.165, 1.54) is 0 Å². The zero-order valence-corrected chi connectivity index (χ0v) is 11.1. The SMILES string of the molecule is Cc1ccc2nc(NCC(O)CC(C)C)nn2c1. The first kappa shape index (κ1) is 12.8. The van der Waals surface area contributed by atoms with Gasteiger partial charge in [0, 0.05) is 12.7 Å². The summed E-state index contributed by atoms with van der Waals surface area (Å²) >= 11 is 0. The lowest BCUT2D eigenvalue weighted by Gasteiger charge is -2.12. The zero-order chi connectivity index (χ0) is 13.1. The lowest BCUT2D eigenvalue weighted by atomic mass is 10.1. The second kappa shape index (κ2) is 5.35. The van der Waals surface area contributed by atoms with Crippen LogP contribution in [0.3, 0.4) is 0 Å². The van der Waals surface area contributed by atoms with Gasteiger partial charge in [0.1, 0.15) is 0 Å². The maximum Gasteiger partial charge on any atom is 0.243 e. The molecular formula is C13H20N4O. The van der Waals surface area contributed by atoms with E-state index in [9.17, 15) is 5.11 Å². The van der Waals surface area contributed by atoms with E-state index < -0.39 is 0 Å². The maximum atomic E-state index is 9.78. The second-order valence-corrected chi connectivity index (χ2v) is 5.11. The molecule has 2 N–H and O–H groups in total. The number of nitrogens with one attached hydrogen (secondary N) is 1. The number of hydrogen-bond donors (Lipinski definition) is 2. The molecule has 98 valence electrons. The number of nitrogens with zero attached hydrogens (tertiary/aromatic N) is 3. The summed E-state index contributed by atoms with van der Waals surface area (Å²) in [5, 5.41) is 17.1. The fraction of sp³-hybridized carbons (Fsp3) is 0.538. The summed E-state index contributed by atoms with van der Waals surface area (Å²) in [6.07, 6.45) is 2.34. The molecule has 0 amide bonds. The third-order valence-corrected chi connectivity index (χ3v) is 2.72. The standard InChI is InChI=1S/C13H20N4O/c1-9(2)6-11(18)7-14-13-15-12-5-4-10(3)8-17(12)16-13/h4-5,8-9,11,18H,6-7H2,1-3H3,(H,14,16). The summed E-state index contributed by atoms with van der Waals surface area (Å²) < 4.78 is 1.74. The van der Waals surface area contributed by atoms with Crippen LogP contribution in [0.2, 0.25) is 0 Å². The Hall–Kier alpha value is -1.62. The first-order valence-electron chi connectivity index (χ1n) is 6.29. The lowest BCUT2D eigenvalue weighted by Crippen LogP contribution is -2.21. The van der Waals surface area contributed by atoms with Crippen LogP contribution in [0.4, 0.5) is 5.95 Å². The van der Waals surface area contributed by atoms with Crippen LogP contribution in [0, 0.1) is 12.8 Å². The van der Waals surface area contributed by atoms with E-state index in [1.807, 2.05) is 25.3 Å². The molecule has 0 aromatic carbocycles. The fourth-order valence-corrected chi connectivity index (χ4v) is 1.90. The molecule has 0 aliphatic carbocycles. The molecule has 2 rings (SSSR count). The van der Waals surface area contributed by atoms with Crippen molar-refractivity contribution in [1.29, 1.82) is 0 Å². The summed E-state index contributed by atoms with van der Waals surface area (Å²) in [6.45, 7) is 6.68. The second-order valence-electron chi connectivity index (χ2n) is 5.11. The topological polar surface area (TPSA) is 62.5 Å². The molecule has 2 heterocycles. The van der Waals surface area contributed by atoms with E-state index in [4.69, 9.17) is 0 Å². The van der Waals surface area contributed by atoms with Crippen molar-refractivity contribution in [3.63, 3.8) is 0 Å². The van der Waals surface area contributed by atoms with E-state index >= 15 is 0 Å². The minimum Gasteiger partial charge on any atom is -0.391 e. The Morgan fingerprint density at radius 2 is 2.17 bits per heavy atom. The third-order valence-electron chi connectivity index (χ3n) is 2.72. The highest BCUT2D eigenvalue weighted by molar-refractivity contribution is 5.44. The molecule has 5 nitrogen and oxygen atoms in total. The number of pyridine rings is 1. The minimum absolute atomic E-state index is 0.363. The van der Waals surface area contributed by atoms with Gasteiger partial charge in [0.25, 0.3) is 0 Å². The molecule has 18 heavy (non-hydrogen) atoms. The summed E-state index contributed by atoms with van der Waals surface area (Å²) in [6, 6.07) is 3.93. The molecule has 0 radical (unpaired) electrons. The van der Waals surface area contributed by atoms with Gasteiger partial charge >= 0.3 is 0 Å².